The Morgan fingerprint density at radius 1 is 1.32 bits per heavy atom. The number of pyridine rings is 1. The Kier molecular flexibility index (Phi) is 4.90. The summed E-state index contributed by atoms with van der Waals surface area (Å²) in [5, 5.41) is 11.3. The van der Waals surface area contributed by atoms with Crippen molar-refractivity contribution in [2.75, 3.05) is 19.5 Å². The van der Waals surface area contributed by atoms with E-state index in [1.165, 1.54) is 7.11 Å². The van der Waals surface area contributed by atoms with Crippen molar-refractivity contribution in [1.82, 2.24) is 9.55 Å². The molecule has 3 aromatic rings. The summed E-state index contributed by atoms with van der Waals surface area (Å²) in [4.78, 5) is 16.2. The second-order valence-electron chi connectivity index (χ2n) is 6.10. The van der Waals surface area contributed by atoms with Gasteiger partial charge in [-0.3, -0.25) is 0 Å². The molecule has 3 rings (SSSR count). The molecular formula is C19H23N3O3. The van der Waals surface area contributed by atoms with Crippen LogP contribution in [0.25, 0.3) is 21.8 Å². The fourth-order valence-corrected chi connectivity index (χ4v) is 3.27. The van der Waals surface area contributed by atoms with Crippen molar-refractivity contribution in [2.24, 2.45) is 0 Å². The Bertz CT molecular complexity index is 931. The number of rotatable bonds is 6. The Hall–Kier alpha value is -2.60. The quantitative estimate of drug-likeness (QED) is 0.673. The third kappa shape index (κ3) is 3.05. The van der Waals surface area contributed by atoms with Crippen LogP contribution in [-0.4, -0.2) is 34.3 Å². The van der Waals surface area contributed by atoms with Crippen molar-refractivity contribution in [3.8, 4) is 0 Å². The Morgan fingerprint density at radius 2 is 2.12 bits per heavy atom. The molecule has 0 amide bonds. The van der Waals surface area contributed by atoms with Crippen LogP contribution < -0.4 is 5.73 Å². The molecule has 6 heteroatoms. The third-order valence-electron chi connectivity index (χ3n) is 4.48. The van der Waals surface area contributed by atoms with Crippen molar-refractivity contribution >= 4 is 33.6 Å². The lowest BCUT2D eigenvalue weighted by atomic mass is 10.1. The number of hydrogen-bond acceptors (Lipinski definition) is 5. The van der Waals surface area contributed by atoms with Crippen LogP contribution in [-0.2, 0) is 17.7 Å². The van der Waals surface area contributed by atoms with Gasteiger partial charge in [0, 0.05) is 23.0 Å². The maximum Gasteiger partial charge on any atom is 0.337 e. The number of nitrogen functional groups attached to an aromatic ring is 1. The number of carbonyl (C=O) groups is 1. The number of carbonyl (C=O) groups excluding carboxylic acids is 1. The lowest BCUT2D eigenvalue weighted by Gasteiger charge is -2.11. The zero-order valence-electron chi connectivity index (χ0n) is 14.6. The topological polar surface area (TPSA) is 90.4 Å². The number of aliphatic hydroxyl groups excluding tert-OH is 1. The fraction of sp³-hybridized carbons (Fsp3) is 0.368. The first kappa shape index (κ1) is 17.2. The molecule has 6 nitrogen and oxygen atoms in total. The highest BCUT2D eigenvalue weighted by Crippen LogP contribution is 2.32. The van der Waals surface area contributed by atoms with Crippen LogP contribution in [0.4, 0.5) is 5.82 Å². The number of aromatic nitrogens is 2. The van der Waals surface area contributed by atoms with Gasteiger partial charge >= 0.3 is 5.97 Å². The summed E-state index contributed by atoms with van der Waals surface area (Å²) in [7, 11) is 1.35. The Morgan fingerprint density at radius 3 is 2.80 bits per heavy atom. The molecular weight excluding hydrogens is 318 g/mol. The van der Waals surface area contributed by atoms with Crippen molar-refractivity contribution < 1.29 is 14.6 Å². The first-order valence-electron chi connectivity index (χ1n) is 8.51. The number of hydrogen-bond donors (Lipinski definition) is 2. The maximum atomic E-state index is 11.8. The van der Waals surface area contributed by atoms with Gasteiger partial charge in [0.25, 0.3) is 0 Å². The number of anilines is 1. The molecule has 0 saturated heterocycles. The molecule has 0 bridgehead atoms. The highest BCUT2D eigenvalue weighted by molar-refractivity contribution is 6.10. The molecule has 3 N–H and O–H groups in total. The minimum atomic E-state index is -0.406. The van der Waals surface area contributed by atoms with Gasteiger partial charge in [-0.15, -0.1) is 0 Å². The lowest BCUT2D eigenvalue weighted by molar-refractivity contribution is 0.0601. The SMILES string of the molecule is CCCCc1cc2c(N)nc3cc(C(=O)OC)ccc3c2n1CCO. The summed E-state index contributed by atoms with van der Waals surface area (Å²) in [5.74, 6) is 0.0238. The van der Waals surface area contributed by atoms with Gasteiger partial charge in [0.2, 0.25) is 0 Å². The van der Waals surface area contributed by atoms with E-state index in [2.05, 4.69) is 22.5 Å². The Balaban J connectivity index is 2.28. The minimum absolute atomic E-state index is 0.0485. The highest BCUT2D eigenvalue weighted by atomic mass is 16.5. The second-order valence-corrected chi connectivity index (χ2v) is 6.10. The molecule has 0 atom stereocenters. The molecule has 0 aliphatic carbocycles. The van der Waals surface area contributed by atoms with E-state index in [0.717, 1.165) is 41.2 Å². The molecule has 0 aliphatic rings. The largest absolute Gasteiger partial charge is 0.465 e. The van der Waals surface area contributed by atoms with E-state index >= 15 is 0 Å². The van der Waals surface area contributed by atoms with E-state index in [1.54, 1.807) is 12.1 Å². The summed E-state index contributed by atoms with van der Waals surface area (Å²) < 4.78 is 6.89. The van der Waals surface area contributed by atoms with Gasteiger partial charge in [-0.2, -0.15) is 0 Å². The van der Waals surface area contributed by atoms with E-state index in [-0.39, 0.29) is 6.61 Å². The number of benzene rings is 1. The first-order chi connectivity index (χ1) is 12.1. The Labute approximate surface area is 146 Å². The fourth-order valence-electron chi connectivity index (χ4n) is 3.27. The number of aliphatic hydroxyl groups is 1. The van der Waals surface area contributed by atoms with Crippen LogP contribution in [0, 0.1) is 0 Å². The number of esters is 1. The average molecular weight is 341 g/mol. The average Bonchev–Trinajstić information content (AvgIpc) is 2.98. The van der Waals surface area contributed by atoms with Gasteiger partial charge in [0.05, 0.1) is 30.3 Å². The van der Waals surface area contributed by atoms with Crippen LogP contribution in [0.5, 0.6) is 0 Å². The van der Waals surface area contributed by atoms with E-state index in [4.69, 9.17) is 10.5 Å². The molecule has 0 spiro atoms. The van der Waals surface area contributed by atoms with E-state index in [0.29, 0.717) is 23.4 Å². The maximum absolute atomic E-state index is 11.8. The number of nitrogens with two attached hydrogens (primary N) is 1. The number of nitrogens with zero attached hydrogens (tertiary/aromatic N) is 2. The molecule has 0 fully saturated rings. The van der Waals surface area contributed by atoms with Gasteiger partial charge in [0.15, 0.2) is 0 Å². The molecule has 0 unspecified atom stereocenters. The van der Waals surface area contributed by atoms with Crippen LogP contribution in [0.1, 0.15) is 35.8 Å². The van der Waals surface area contributed by atoms with Gasteiger partial charge in [-0.1, -0.05) is 13.3 Å². The van der Waals surface area contributed by atoms with Gasteiger partial charge in [0.1, 0.15) is 5.82 Å². The number of unbranched alkanes of at least 4 members (excludes halogenated alkanes) is 1. The van der Waals surface area contributed by atoms with Gasteiger partial charge < -0.3 is 20.1 Å². The smallest absolute Gasteiger partial charge is 0.337 e. The molecule has 132 valence electrons. The van der Waals surface area contributed by atoms with Crippen LogP contribution in [0.15, 0.2) is 24.3 Å². The lowest BCUT2D eigenvalue weighted by Crippen LogP contribution is -2.07. The number of aryl methyl sites for hydroxylation is 1. The second kappa shape index (κ2) is 7.11. The van der Waals surface area contributed by atoms with Crippen molar-refractivity contribution in [3.05, 3.63) is 35.5 Å². The molecule has 2 heterocycles. The number of methoxy groups -OCH3 is 1. The highest BCUT2D eigenvalue weighted by Gasteiger charge is 2.16. The summed E-state index contributed by atoms with van der Waals surface area (Å²) in [6.45, 7) is 2.70. The number of ether oxygens (including phenoxy) is 1. The monoisotopic (exact) mass is 341 g/mol. The molecule has 2 aromatic heterocycles. The zero-order valence-corrected chi connectivity index (χ0v) is 14.6. The molecule has 25 heavy (non-hydrogen) atoms. The summed E-state index contributed by atoms with van der Waals surface area (Å²) in [6.07, 6.45) is 3.09. The van der Waals surface area contributed by atoms with Gasteiger partial charge in [-0.05, 0) is 37.1 Å². The standard InChI is InChI=1S/C19H23N3O3/c1-3-4-5-13-11-15-17(22(13)8-9-23)14-7-6-12(19(24)25-2)10-16(14)21-18(15)20/h6-7,10-11,23H,3-5,8-9H2,1-2H3,(H2,20,21). The minimum Gasteiger partial charge on any atom is -0.465 e. The van der Waals surface area contributed by atoms with Gasteiger partial charge in [-0.25, -0.2) is 9.78 Å². The first-order valence-corrected chi connectivity index (χ1v) is 8.51. The third-order valence-corrected chi connectivity index (χ3v) is 4.48. The summed E-state index contributed by atoms with van der Waals surface area (Å²) >= 11 is 0. The van der Waals surface area contributed by atoms with Crippen LogP contribution in [0.2, 0.25) is 0 Å². The van der Waals surface area contributed by atoms with Crippen LogP contribution in [0.3, 0.4) is 0 Å². The summed E-state index contributed by atoms with van der Waals surface area (Å²) in [6, 6.07) is 7.36. The number of fused-ring (bicyclic) bond motifs is 3. The zero-order chi connectivity index (χ0) is 18.0. The molecule has 1 aromatic carbocycles. The predicted octanol–water partition coefficient (Wildman–Crippen LogP) is 2.89. The molecule has 0 radical (unpaired) electrons. The molecule has 0 aliphatic heterocycles. The van der Waals surface area contributed by atoms with E-state index in [9.17, 15) is 9.90 Å². The van der Waals surface area contributed by atoms with E-state index in [1.807, 2.05) is 6.07 Å². The van der Waals surface area contributed by atoms with Crippen molar-refractivity contribution in [2.45, 2.75) is 32.7 Å². The normalized spacial score (nSPS) is 11.3. The van der Waals surface area contributed by atoms with E-state index < -0.39 is 5.97 Å². The van der Waals surface area contributed by atoms with Crippen LogP contribution >= 0.6 is 0 Å². The molecule has 0 saturated carbocycles. The van der Waals surface area contributed by atoms with Crippen molar-refractivity contribution in [1.29, 1.82) is 0 Å². The predicted molar refractivity (Wildman–Crippen MR) is 98.7 cm³/mol. The van der Waals surface area contributed by atoms with Crippen molar-refractivity contribution in [3.63, 3.8) is 0 Å². The summed E-state index contributed by atoms with van der Waals surface area (Å²) in [5.41, 5.74) is 9.37.